The van der Waals surface area contributed by atoms with Gasteiger partial charge in [-0.3, -0.25) is 0 Å². The van der Waals surface area contributed by atoms with Gasteiger partial charge in [0.25, 0.3) is 0 Å². The highest BCUT2D eigenvalue weighted by Gasteiger charge is 2.72. The van der Waals surface area contributed by atoms with Gasteiger partial charge < -0.3 is 0 Å². The molecule has 0 fully saturated rings. The average Bonchev–Trinajstić information content (AvgIpc) is 0.698. The summed E-state index contributed by atoms with van der Waals surface area (Å²) >= 11 is 0. The minimum atomic E-state index is 0.305. The fourth-order valence-corrected chi connectivity index (χ4v) is 37.3. The molecule has 0 unspecified atom stereocenters. The Morgan fingerprint density at radius 1 is 0.0397 bits per heavy atom. The van der Waals surface area contributed by atoms with Gasteiger partial charge in [0, 0.05) is 396 Å². The van der Waals surface area contributed by atoms with Gasteiger partial charge in [0.05, 0.1) is 495 Å². The Labute approximate surface area is 881 Å². The molecule has 0 heterocycles. The maximum absolute atomic E-state index is 2.85. The minimum Gasteiger partial charge on any atom is 0.000000112 e. The zero-order chi connectivity index (χ0) is 99.8. The molecule has 0 aliphatic carbocycles. The van der Waals surface area contributed by atoms with Crippen LogP contribution in [-0.4, -0.2) is 891 Å². The van der Waals surface area contributed by atoms with Gasteiger partial charge in [0.1, 0.15) is 0 Å². The summed E-state index contributed by atoms with van der Waals surface area (Å²) in [6.45, 7) is 0. The monoisotopic (exact) mass is 1520 g/mol. The molecule has 0 spiro atoms. The van der Waals surface area contributed by atoms with Crippen molar-refractivity contribution < 1.29 is 0 Å². The van der Waals surface area contributed by atoms with Crippen molar-refractivity contribution in [2.24, 2.45) is 0 Å². The standard InChI is InChI=1S/B126H128/c1-65(2)97(66(3)4)113(98(67(5)6)68(7)8)121(114(99(69(9)10)70(11)12)100(71(13)14)72(15)16)125(122(115(101(73(17)18)74(19)20)102(75(21)22)76(23)24)116(103(77(25)26)78(27)28)104(79(29)30)80(31)32)126(123(117(105(81(33)34)82(35)36)106(83(37)38)84(39)40)118(107(85(41)42)86(43)44)108(87(45)46)88(47)48)124(119(109(89(49)50)90(51)52)110(91(53)54)92(55)56)120(111(93(57)58)94(59)60)112(95(61)62)96(63)64/h1-64H2. The second-order valence-electron chi connectivity index (χ2n) is 57.1. The lowest BCUT2D eigenvalue weighted by Crippen LogP contribution is -3.03. The smallest absolute Gasteiger partial charge is 0.000000112 e. The predicted molar refractivity (Wildman–Crippen MR) is 904 cm³/mol. The van der Waals surface area contributed by atoms with Gasteiger partial charge in [-0.1, -0.05) is 0 Å². The molecule has 506 valence electrons. The molecule has 0 rings (SSSR count). The van der Waals surface area contributed by atoms with Crippen LogP contribution in [0.3, 0.4) is 0 Å². The summed E-state index contributed by atoms with van der Waals surface area (Å²) in [4.78, 5) is 0. The SMILES string of the molecule is BB(B)B(B(B)B)B(B(B(B)B)B(B)B)B(B(B(B(B)B)B(B)B)B(B(B)B)B(B)B)B(B(B(B(B(B)B)B(B)B)B(B(B)B)B(B)B)B(B(B(B)B)B(B)B)B(B(B)B)B(B)B)B(B(B(B(B(B)B)B(B)B)B(B(B)B)B(B)B)B(B(B(B)B)B(B)B)B(B(B)B)B(B)B)B(B(B(B(B)B)B(B)B)B(B(B)B)B(B)B)B(B(B(B)B)B(B)B)B(B(B)B)B(B)B. The molecule has 0 amide bonds. The second kappa shape index (κ2) is 61.7. The molecule has 0 radical (unpaired) electrons. The number of hydrogen-bond donors (Lipinski definition) is 0. The molecule has 0 bridgehead atoms. The molecule has 0 aromatic heterocycles. The Hall–Kier alpha value is 8.18. The van der Waals surface area contributed by atoms with Crippen molar-refractivity contribution in [2.75, 3.05) is 0 Å². The molecule has 0 saturated carbocycles. The summed E-state index contributed by atoms with van der Waals surface area (Å²) in [6.07, 6.45) is 28.3. The van der Waals surface area contributed by atoms with E-state index in [4.69, 9.17) is 0 Å². The van der Waals surface area contributed by atoms with E-state index < -0.39 is 0 Å². The molecule has 0 N–H and O–H groups in total. The molecular formula is H128B126. The molecule has 0 atom stereocenters. The number of hydrogen-bond acceptors (Lipinski definition) is 0. The largest absolute Gasteiger partial charge is 0.0552 e. The molecule has 0 aromatic carbocycles. The minimum absolute atomic E-state index is 0.305. The molecule has 0 aromatic rings. The highest BCUT2D eigenvalue weighted by molar-refractivity contribution is 8.47. The van der Waals surface area contributed by atoms with E-state index in [0.717, 1.165) is 0 Å². The van der Waals surface area contributed by atoms with Gasteiger partial charge in [-0.2, -0.15) is 0 Å². The van der Waals surface area contributed by atoms with Crippen molar-refractivity contribution in [3.63, 3.8) is 0 Å². The van der Waals surface area contributed by atoms with Crippen LogP contribution in [0.15, 0.2) is 0 Å². The molecule has 0 saturated heterocycles. The lowest BCUT2D eigenvalue weighted by molar-refractivity contribution is 3.11. The van der Waals surface area contributed by atoms with Crippen molar-refractivity contribution >= 4 is 891 Å². The zero-order valence-corrected chi connectivity index (χ0v) is 99.8. The van der Waals surface area contributed by atoms with Crippen LogP contribution >= 0.6 is 0 Å². The maximum atomic E-state index is 2.85. The molecule has 0 aliphatic rings. The van der Waals surface area contributed by atoms with Crippen LogP contribution in [0, 0.1) is 0 Å². The molecular weight excluding hydrogens is 1360 g/mol. The quantitative estimate of drug-likeness (QED) is 0.0533. The first-order valence-electron chi connectivity index (χ1n) is 57.3. The van der Waals surface area contributed by atoms with Crippen LogP contribution in [-0.2, 0) is 0 Å². The summed E-state index contributed by atoms with van der Waals surface area (Å²) < 4.78 is 0. The highest BCUT2D eigenvalue weighted by atomic mass is 13.5. The van der Waals surface area contributed by atoms with E-state index in [-0.39, 0.29) is 0 Å². The van der Waals surface area contributed by atoms with Crippen LogP contribution in [0.4, 0.5) is 0 Å². The highest BCUT2D eigenvalue weighted by Crippen LogP contribution is 2.33. The average molecular weight is 1490 g/mol. The summed E-state index contributed by atoms with van der Waals surface area (Å²) in [5.74, 6) is 0. The third-order valence-corrected chi connectivity index (χ3v) is 37.5. The summed E-state index contributed by atoms with van der Waals surface area (Å²) in [6, 6.07) is 0. The van der Waals surface area contributed by atoms with Crippen LogP contribution < -0.4 is 0 Å². The Bertz CT molecular complexity index is 1910. The number of rotatable bonds is 61. The summed E-state index contributed by atoms with van der Waals surface area (Å²) in [7, 11) is 182. The van der Waals surface area contributed by atoms with Crippen molar-refractivity contribution in [2.45, 2.75) is 0 Å². The van der Waals surface area contributed by atoms with E-state index in [1.54, 1.807) is 0 Å². The predicted octanol–water partition coefficient (Wildman–Crippen LogP) is -82.2. The molecule has 0 aliphatic heterocycles. The van der Waals surface area contributed by atoms with Crippen molar-refractivity contribution in [1.29, 1.82) is 0 Å². The molecule has 0 nitrogen and oxygen atoms in total. The lowest BCUT2D eigenvalue weighted by Gasteiger charge is -2.64. The summed E-state index contributed by atoms with van der Waals surface area (Å²) in [5.41, 5.74) is 0. The lowest BCUT2D eigenvalue weighted by atomic mass is 8.16. The van der Waals surface area contributed by atoms with Crippen LogP contribution in [0.5, 0.6) is 0 Å². The third kappa shape index (κ3) is 35.8. The van der Waals surface area contributed by atoms with Gasteiger partial charge in [0.15, 0.2) is 0 Å². The normalized spacial score (nSPS) is 9.87. The van der Waals surface area contributed by atoms with Crippen LogP contribution in [0.25, 0.3) is 0 Å². The Balaban J connectivity index is 17.2. The van der Waals surface area contributed by atoms with E-state index in [1.165, 1.54) is 0 Å². The Kier molecular flexibility index (Phi) is 65.7. The summed E-state index contributed by atoms with van der Waals surface area (Å²) in [5, 5.41) is 0. The van der Waals surface area contributed by atoms with Crippen LogP contribution in [0.1, 0.15) is 0 Å². The van der Waals surface area contributed by atoms with Crippen LogP contribution in [0.2, 0.25) is 0 Å². The maximum Gasteiger partial charge on any atom is 0.0552 e. The first-order chi connectivity index (χ1) is 57.3. The van der Waals surface area contributed by atoms with Gasteiger partial charge in [-0.05, 0) is 0 Å². The van der Waals surface area contributed by atoms with E-state index in [1.807, 2.05) is 0 Å². The van der Waals surface area contributed by atoms with Crippen molar-refractivity contribution in [3.05, 3.63) is 0 Å². The zero-order valence-electron chi connectivity index (χ0n) is 99.8. The Morgan fingerprint density at radius 2 is 0.0635 bits per heavy atom. The van der Waals surface area contributed by atoms with Gasteiger partial charge in [-0.15, -0.1) is 0 Å². The van der Waals surface area contributed by atoms with Crippen molar-refractivity contribution in [1.82, 2.24) is 0 Å². The van der Waals surface area contributed by atoms with E-state index in [2.05, 4.69) is 495 Å². The Morgan fingerprint density at radius 3 is 0.0873 bits per heavy atom. The van der Waals surface area contributed by atoms with Gasteiger partial charge in [0.2, 0.25) is 0 Å². The van der Waals surface area contributed by atoms with E-state index in [9.17, 15) is 0 Å². The third-order valence-electron chi connectivity index (χ3n) is 37.5. The van der Waals surface area contributed by atoms with E-state index >= 15 is 0 Å². The van der Waals surface area contributed by atoms with Gasteiger partial charge in [-0.25, -0.2) is 0 Å². The fraction of sp³-hybridized carbons (Fsp3) is 0. The second-order valence-corrected chi connectivity index (χ2v) is 57.1. The first-order valence-corrected chi connectivity index (χ1v) is 57.3. The topological polar surface area (TPSA) is 0 Å². The van der Waals surface area contributed by atoms with Gasteiger partial charge >= 0.3 is 0 Å². The first kappa shape index (κ1) is 134. The van der Waals surface area contributed by atoms with Crippen molar-refractivity contribution in [3.8, 4) is 0 Å². The fourth-order valence-electron chi connectivity index (χ4n) is 37.3. The molecule has 126 heavy (non-hydrogen) atoms. The molecule has 126 heteroatoms. The van der Waals surface area contributed by atoms with E-state index in [0.29, 0.717) is 396 Å².